The van der Waals surface area contributed by atoms with Crippen molar-refractivity contribution >= 4 is 15.6 Å². The van der Waals surface area contributed by atoms with E-state index in [2.05, 4.69) is 9.68 Å². The van der Waals surface area contributed by atoms with Gasteiger partial charge in [-0.25, -0.2) is 13.0 Å². The molecule has 0 atom stereocenters. The number of hydrogen-bond acceptors (Lipinski definition) is 3. The summed E-state index contributed by atoms with van der Waals surface area (Å²) in [7, 11) is -0.788. The van der Waals surface area contributed by atoms with Gasteiger partial charge in [0.1, 0.15) is 5.67 Å². The summed E-state index contributed by atoms with van der Waals surface area (Å²) in [4.78, 5) is 11.7. The van der Waals surface area contributed by atoms with Crippen molar-refractivity contribution < 1.29 is 13.4 Å². The number of alkyl halides is 1. The second-order valence-electron chi connectivity index (χ2n) is 4.78. The highest BCUT2D eigenvalue weighted by atomic mass is 32.2. The van der Waals surface area contributed by atoms with Crippen LogP contribution in [-0.4, -0.2) is 40.9 Å². The first-order valence-electron chi connectivity index (χ1n) is 6.67. The lowest BCUT2D eigenvalue weighted by molar-refractivity contribution is -0.118. The molecule has 1 aliphatic heterocycles. The van der Waals surface area contributed by atoms with Gasteiger partial charge in [-0.15, -0.1) is 0 Å². The lowest BCUT2D eigenvalue weighted by atomic mass is 9.89. The van der Waals surface area contributed by atoms with Crippen LogP contribution in [0.3, 0.4) is 0 Å². The van der Waals surface area contributed by atoms with E-state index < -0.39 is 21.3 Å². The lowest BCUT2D eigenvalue weighted by Crippen LogP contribution is -2.42. The normalized spacial score (nSPS) is 31.9. The quantitative estimate of drug-likeness (QED) is 0.806. The van der Waals surface area contributed by atoms with Crippen molar-refractivity contribution in [1.29, 1.82) is 0 Å². The molecule has 0 saturated carbocycles. The molecule has 0 aromatic rings. The molecule has 0 bridgehead atoms. The maximum atomic E-state index is 14.8. The molecule has 0 aromatic carbocycles. The van der Waals surface area contributed by atoms with Crippen LogP contribution in [0.25, 0.3) is 0 Å². The fraction of sp³-hybridized carbons (Fsp3) is 0.769. The second-order valence-corrected chi connectivity index (χ2v) is 7.40. The zero-order valence-corrected chi connectivity index (χ0v) is 12.7. The summed E-state index contributed by atoms with van der Waals surface area (Å²) in [5.41, 5.74) is -1.52. The Morgan fingerprint density at radius 1 is 1.47 bits per heavy atom. The van der Waals surface area contributed by atoms with Gasteiger partial charge in [0, 0.05) is 40.4 Å². The van der Waals surface area contributed by atoms with Crippen LogP contribution in [0, 0.1) is 0 Å². The molecular weight excluding hydrogens is 267 g/mol. The predicted molar refractivity (Wildman–Crippen MR) is 76.4 cm³/mol. The van der Waals surface area contributed by atoms with Crippen LogP contribution in [0.4, 0.5) is 4.39 Å². The Bertz CT molecular complexity index is 465. The van der Waals surface area contributed by atoms with Crippen LogP contribution in [0.15, 0.2) is 16.0 Å². The minimum absolute atomic E-state index is 0.103. The highest BCUT2D eigenvalue weighted by Gasteiger charge is 2.41. The number of nitrogens with one attached hydrogen (secondary N) is 1. The van der Waals surface area contributed by atoms with Crippen LogP contribution in [0.5, 0.6) is 0 Å². The van der Waals surface area contributed by atoms with Gasteiger partial charge in [-0.2, -0.15) is 0 Å². The summed E-state index contributed by atoms with van der Waals surface area (Å²) in [5, 5.41) is 2.45. The van der Waals surface area contributed by atoms with E-state index in [1.54, 1.807) is 6.92 Å². The maximum Gasteiger partial charge on any atom is 0.249 e. The van der Waals surface area contributed by atoms with Gasteiger partial charge < -0.3 is 5.32 Å². The number of halogens is 1. The van der Waals surface area contributed by atoms with Crippen molar-refractivity contribution in [3.63, 3.8) is 0 Å². The molecule has 0 aromatic heterocycles. The van der Waals surface area contributed by atoms with Crippen LogP contribution in [0.1, 0.15) is 33.1 Å². The number of allylic oxidation sites excluding steroid dienone is 1. The van der Waals surface area contributed by atoms with E-state index in [1.165, 1.54) is 13.1 Å². The SMILES string of the molecule is C/C=C(\C(=O)NC)C1(F)CCS(=O)(=NCCC)CC1. The number of rotatable bonds is 4. The van der Waals surface area contributed by atoms with Gasteiger partial charge in [0.15, 0.2) is 0 Å². The fourth-order valence-corrected chi connectivity index (χ4v) is 4.52. The molecule has 110 valence electrons. The third kappa shape index (κ3) is 3.78. The molecule has 1 aliphatic rings. The second kappa shape index (κ2) is 6.50. The fourth-order valence-electron chi connectivity index (χ4n) is 2.25. The standard InChI is InChI=1S/C13H23FN2O2S/c1-4-8-16-19(18)9-6-13(14,7-10-19)11(5-2)12(17)15-3/h5H,4,6-10H2,1-3H3,(H,15,17)/b11-5+. The number of amides is 1. The van der Waals surface area contributed by atoms with Gasteiger partial charge >= 0.3 is 0 Å². The van der Waals surface area contributed by atoms with Gasteiger partial charge in [-0.1, -0.05) is 13.0 Å². The van der Waals surface area contributed by atoms with Crippen molar-refractivity contribution in [3.8, 4) is 0 Å². The van der Waals surface area contributed by atoms with E-state index in [9.17, 15) is 13.4 Å². The Balaban J connectivity index is 2.87. The molecule has 1 saturated heterocycles. The first-order valence-corrected chi connectivity index (χ1v) is 8.52. The minimum atomic E-state index is -2.27. The molecular formula is C13H23FN2O2S. The van der Waals surface area contributed by atoms with Crippen molar-refractivity contribution in [2.45, 2.75) is 38.8 Å². The summed E-state index contributed by atoms with van der Waals surface area (Å²) in [6, 6.07) is 0. The van der Waals surface area contributed by atoms with Gasteiger partial charge in [0.25, 0.3) is 0 Å². The molecule has 6 heteroatoms. The van der Waals surface area contributed by atoms with Crippen LogP contribution in [0.2, 0.25) is 0 Å². The van der Waals surface area contributed by atoms with Crippen LogP contribution < -0.4 is 5.32 Å². The summed E-state index contributed by atoms with van der Waals surface area (Å²) in [5.74, 6) is 0.0688. The van der Waals surface area contributed by atoms with E-state index in [0.717, 1.165) is 6.42 Å². The smallest absolute Gasteiger partial charge is 0.249 e. The minimum Gasteiger partial charge on any atom is -0.355 e. The van der Waals surface area contributed by atoms with Gasteiger partial charge in [0.2, 0.25) is 5.91 Å². The zero-order chi connectivity index (χ0) is 14.5. The molecule has 1 rings (SSSR count). The molecule has 4 nitrogen and oxygen atoms in total. The number of hydrogen-bond donors (Lipinski definition) is 1. The Hall–Kier alpha value is -0.910. The summed E-state index contributed by atoms with van der Waals surface area (Å²) >= 11 is 0. The number of nitrogens with zero attached hydrogens (tertiary/aromatic N) is 1. The molecule has 1 amide bonds. The Kier molecular flexibility index (Phi) is 5.52. The predicted octanol–water partition coefficient (Wildman–Crippen LogP) is 2.06. The third-order valence-corrected chi connectivity index (χ3v) is 5.77. The Morgan fingerprint density at radius 2 is 2.05 bits per heavy atom. The van der Waals surface area contributed by atoms with Crippen molar-refractivity contribution in [2.75, 3.05) is 25.1 Å². The van der Waals surface area contributed by atoms with Crippen LogP contribution in [-0.2, 0) is 14.5 Å². The zero-order valence-electron chi connectivity index (χ0n) is 11.9. The third-order valence-electron chi connectivity index (χ3n) is 3.43. The van der Waals surface area contributed by atoms with E-state index in [1.807, 2.05) is 6.92 Å². The average molecular weight is 290 g/mol. The van der Waals surface area contributed by atoms with Gasteiger partial charge in [0.05, 0.1) is 0 Å². The van der Waals surface area contributed by atoms with Gasteiger partial charge in [-0.3, -0.25) is 4.79 Å². The summed E-state index contributed by atoms with van der Waals surface area (Å²) < 4.78 is 31.4. The maximum absolute atomic E-state index is 14.8. The molecule has 1 heterocycles. The van der Waals surface area contributed by atoms with Gasteiger partial charge in [-0.05, 0) is 26.2 Å². The largest absolute Gasteiger partial charge is 0.355 e. The van der Waals surface area contributed by atoms with E-state index in [4.69, 9.17) is 0 Å². The summed E-state index contributed by atoms with van der Waals surface area (Å²) in [6.07, 6.45) is 2.56. The monoisotopic (exact) mass is 290 g/mol. The van der Waals surface area contributed by atoms with E-state index in [0.29, 0.717) is 6.54 Å². The molecule has 0 spiro atoms. The molecule has 19 heavy (non-hydrogen) atoms. The Labute approximate surface area is 115 Å². The number of carbonyl (C=O) groups is 1. The molecule has 1 N–H and O–H groups in total. The Morgan fingerprint density at radius 3 is 2.47 bits per heavy atom. The molecule has 1 fully saturated rings. The topological polar surface area (TPSA) is 58.5 Å². The van der Waals surface area contributed by atoms with Crippen molar-refractivity contribution in [1.82, 2.24) is 5.32 Å². The van der Waals surface area contributed by atoms with Crippen molar-refractivity contribution in [3.05, 3.63) is 11.6 Å². The van der Waals surface area contributed by atoms with Crippen LogP contribution >= 0.6 is 0 Å². The number of carbonyl (C=O) groups excluding carboxylic acids is 1. The van der Waals surface area contributed by atoms with Crippen molar-refractivity contribution in [2.24, 2.45) is 4.36 Å². The number of likely N-dealkylation sites (N-methyl/N-ethyl adjacent to an activating group) is 1. The van der Waals surface area contributed by atoms with E-state index >= 15 is 0 Å². The molecule has 0 unspecified atom stereocenters. The highest BCUT2D eigenvalue weighted by molar-refractivity contribution is 7.93. The van der Waals surface area contributed by atoms with E-state index in [-0.39, 0.29) is 29.9 Å². The molecule has 0 aliphatic carbocycles. The lowest BCUT2D eigenvalue weighted by Gasteiger charge is -2.32. The first kappa shape index (κ1) is 16.1. The first-order chi connectivity index (χ1) is 8.90. The molecule has 0 radical (unpaired) electrons. The average Bonchev–Trinajstić information content (AvgIpc) is 2.41. The summed E-state index contributed by atoms with van der Waals surface area (Å²) in [6.45, 7) is 4.18. The highest BCUT2D eigenvalue weighted by Crippen LogP contribution is 2.35.